The Morgan fingerprint density at radius 3 is 2.58 bits per heavy atom. The second-order valence-electron chi connectivity index (χ2n) is 7.66. The van der Waals surface area contributed by atoms with E-state index in [1.807, 2.05) is 34.9 Å². The van der Waals surface area contributed by atoms with Crippen molar-refractivity contribution in [3.63, 3.8) is 0 Å². The summed E-state index contributed by atoms with van der Waals surface area (Å²) in [5.41, 5.74) is 1.47. The number of pyridine rings is 2. The zero-order valence-electron chi connectivity index (χ0n) is 19.9. The first kappa shape index (κ1) is 25.6. The molecule has 4 aromatic heterocycles. The standard InChI is InChI=1S/C23H25ClN8O3S/c1-15(20(35-3)21-26-13-16(24)14-27-21)36(33)31-23-30-29-22(18-8-6-9-19(28-18)34-2)32(23)12-10-17-7-4-5-11-25-17/h4-9,11,13-15,20H,10,12H2,1-3H3,(H,30,31). The molecular formula is C23H25ClN8O3S. The van der Waals surface area contributed by atoms with Crippen LogP contribution in [0.25, 0.3) is 11.5 Å². The minimum atomic E-state index is -1.63. The number of rotatable bonds is 11. The van der Waals surface area contributed by atoms with Crippen molar-refractivity contribution in [3.8, 4) is 17.4 Å². The van der Waals surface area contributed by atoms with Crippen LogP contribution in [0.1, 0.15) is 24.5 Å². The van der Waals surface area contributed by atoms with Crippen LogP contribution in [0, 0.1) is 0 Å². The van der Waals surface area contributed by atoms with Crippen LogP contribution >= 0.6 is 11.6 Å². The molecule has 0 aliphatic rings. The van der Waals surface area contributed by atoms with E-state index < -0.39 is 22.3 Å². The van der Waals surface area contributed by atoms with Gasteiger partial charge in [0, 0.05) is 50.4 Å². The van der Waals surface area contributed by atoms with Crippen molar-refractivity contribution in [2.24, 2.45) is 0 Å². The Hall–Kier alpha value is -3.48. The Kier molecular flexibility index (Phi) is 8.52. The maximum atomic E-state index is 13.3. The number of ether oxygens (including phenoxy) is 2. The van der Waals surface area contributed by atoms with Crippen LogP contribution in [0.2, 0.25) is 5.02 Å². The van der Waals surface area contributed by atoms with Gasteiger partial charge in [0.2, 0.25) is 11.8 Å². The Labute approximate surface area is 215 Å². The van der Waals surface area contributed by atoms with Gasteiger partial charge in [-0.1, -0.05) is 23.7 Å². The molecule has 11 nitrogen and oxygen atoms in total. The van der Waals surface area contributed by atoms with E-state index in [9.17, 15) is 4.21 Å². The van der Waals surface area contributed by atoms with Crippen LogP contribution in [-0.4, -0.2) is 58.4 Å². The zero-order valence-corrected chi connectivity index (χ0v) is 21.5. The third-order valence-electron chi connectivity index (χ3n) is 5.33. The fourth-order valence-corrected chi connectivity index (χ4v) is 4.55. The van der Waals surface area contributed by atoms with Crippen LogP contribution in [0.5, 0.6) is 5.88 Å². The van der Waals surface area contributed by atoms with E-state index in [1.54, 1.807) is 26.3 Å². The molecule has 0 aromatic carbocycles. The van der Waals surface area contributed by atoms with Gasteiger partial charge in [-0.2, -0.15) is 0 Å². The van der Waals surface area contributed by atoms with E-state index in [4.69, 9.17) is 21.1 Å². The van der Waals surface area contributed by atoms with Gasteiger partial charge in [0.05, 0.1) is 17.4 Å². The van der Waals surface area contributed by atoms with Crippen LogP contribution in [0.15, 0.2) is 55.0 Å². The molecule has 4 rings (SSSR count). The summed E-state index contributed by atoms with van der Waals surface area (Å²) in [6, 6.07) is 11.1. The average molecular weight is 529 g/mol. The summed E-state index contributed by atoms with van der Waals surface area (Å²) < 4.78 is 29.0. The van der Waals surface area contributed by atoms with Crippen molar-refractivity contribution in [2.45, 2.75) is 31.2 Å². The molecule has 1 N–H and O–H groups in total. The molecule has 0 saturated carbocycles. The summed E-state index contributed by atoms with van der Waals surface area (Å²) in [7, 11) is 1.43. The Balaban J connectivity index is 1.61. The monoisotopic (exact) mass is 528 g/mol. The highest BCUT2D eigenvalue weighted by atomic mass is 35.5. The lowest BCUT2D eigenvalue weighted by atomic mass is 10.2. The Morgan fingerprint density at radius 1 is 1.08 bits per heavy atom. The molecule has 3 unspecified atom stereocenters. The molecule has 0 fully saturated rings. The maximum absolute atomic E-state index is 13.3. The highest BCUT2D eigenvalue weighted by Gasteiger charge is 2.28. The maximum Gasteiger partial charge on any atom is 0.236 e. The van der Waals surface area contributed by atoms with Gasteiger partial charge >= 0.3 is 0 Å². The first-order chi connectivity index (χ1) is 17.5. The van der Waals surface area contributed by atoms with Crippen molar-refractivity contribution in [1.82, 2.24) is 34.7 Å². The minimum Gasteiger partial charge on any atom is -0.481 e. The van der Waals surface area contributed by atoms with Crippen molar-refractivity contribution in [1.29, 1.82) is 0 Å². The fraction of sp³-hybridized carbons (Fsp3) is 0.304. The van der Waals surface area contributed by atoms with Crippen LogP contribution < -0.4 is 9.46 Å². The molecule has 0 bridgehead atoms. The third-order valence-corrected chi connectivity index (χ3v) is 6.84. The number of anilines is 1. The number of methoxy groups -OCH3 is 2. The topological polar surface area (TPSA) is 130 Å². The molecule has 0 spiro atoms. The van der Waals surface area contributed by atoms with Gasteiger partial charge in [-0.15, -0.1) is 10.2 Å². The third kappa shape index (κ3) is 6.01. The molecule has 13 heteroatoms. The molecule has 4 heterocycles. The van der Waals surface area contributed by atoms with E-state index in [1.165, 1.54) is 19.5 Å². The highest BCUT2D eigenvalue weighted by Crippen LogP contribution is 2.25. The predicted octanol–water partition coefficient (Wildman–Crippen LogP) is 3.28. The summed E-state index contributed by atoms with van der Waals surface area (Å²) in [4.78, 5) is 17.3. The van der Waals surface area contributed by atoms with Crippen molar-refractivity contribution in [2.75, 3.05) is 18.9 Å². The fourth-order valence-electron chi connectivity index (χ4n) is 3.48. The van der Waals surface area contributed by atoms with E-state index in [2.05, 4.69) is 34.9 Å². The number of hydrogen-bond acceptors (Lipinski definition) is 9. The van der Waals surface area contributed by atoms with Crippen LogP contribution in [0.3, 0.4) is 0 Å². The lowest BCUT2D eigenvalue weighted by molar-refractivity contribution is 0.0961. The predicted molar refractivity (Wildman–Crippen MR) is 136 cm³/mol. The summed E-state index contributed by atoms with van der Waals surface area (Å²) in [6.07, 6.45) is 4.65. The number of hydrogen-bond donors (Lipinski definition) is 1. The van der Waals surface area contributed by atoms with E-state index >= 15 is 0 Å². The SMILES string of the molecule is COc1cccc(-c2nnc(NS(=O)C(C)C(OC)c3ncc(Cl)cn3)n2CCc2ccccn2)n1. The van der Waals surface area contributed by atoms with Gasteiger partial charge in [0.1, 0.15) is 22.8 Å². The van der Waals surface area contributed by atoms with Crippen molar-refractivity contribution >= 4 is 28.5 Å². The summed E-state index contributed by atoms with van der Waals surface area (Å²) in [6.45, 7) is 2.24. The number of nitrogens with one attached hydrogen (secondary N) is 1. The van der Waals surface area contributed by atoms with E-state index in [0.29, 0.717) is 47.2 Å². The van der Waals surface area contributed by atoms with Crippen LogP contribution in [0.4, 0.5) is 5.95 Å². The van der Waals surface area contributed by atoms with E-state index in [0.717, 1.165) is 5.69 Å². The van der Waals surface area contributed by atoms with Crippen molar-refractivity contribution in [3.05, 3.63) is 71.5 Å². The van der Waals surface area contributed by atoms with Gasteiger partial charge < -0.3 is 9.47 Å². The molecule has 0 saturated heterocycles. The first-order valence-corrected chi connectivity index (χ1v) is 12.6. The first-order valence-electron chi connectivity index (χ1n) is 11.0. The molecule has 0 radical (unpaired) electrons. The lowest BCUT2D eigenvalue weighted by Gasteiger charge is -2.21. The van der Waals surface area contributed by atoms with Gasteiger partial charge in [-0.3, -0.25) is 14.3 Å². The summed E-state index contributed by atoms with van der Waals surface area (Å²) in [5.74, 6) is 1.65. The Morgan fingerprint density at radius 2 is 1.89 bits per heavy atom. The molecular weight excluding hydrogens is 504 g/mol. The number of aromatic nitrogens is 7. The molecule has 0 aliphatic carbocycles. The lowest BCUT2D eigenvalue weighted by Crippen LogP contribution is -2.29. The largest absolute Gasteiger partial charge is 0.481 e. The average Bonchev–Trinajstić information content (AvgIpc) is 3.31. The van der Waals surface area contributed by atoms with Gasteiger partial charge in [0.25, 0.3) is 0 Å². The van der Waals surface area contributed by atoms with Crippen molar-refractivity contribution < 1.29 is 13.7 Å². The Bertz CT molecular complexity index is 1310. The summed E-state index contributed by atoms with van der Waals surface area (Å²) in [5, 5.41) is 8.47. The second-order valence-corrected chi connectivity index (χ2v) is 9.63. The quantitative estimate of drug-likeness (QED) is 0.311. The van der Waals surface area contributed by atoms with Gasteiger partial charge in [0.15, 0.2) is 11.6 Å². The molecule has 36 heavy (non-hydrogen) atoms. The smallest absolute Gasteiger partial charge is 0.236 e. The minimum absolute atomic E-state index is 0.322. The number of aryl methyl sites for hydroxylation is 1. The molecule has 3 atom stereocenters. The van der Waals surface area contributed by atoms with E-state index in [-0.39, 0.29) is 0 Å². The van der Waals surface area contributed by atoms with Gasteiger partial charge in [-0.25, -0.2) is 19.2 Å². The number of halogens is 1. The molecule has 4 aromatic rings. The molecule has 188 valence electrons. The van der Waals surface area contributed by atoms with Gasteiger partial charge in [-0.05, 0) is 25.1 Å². The zero-order chi connectivity index (χ0) is 25.5. The second kappa shape index (κ2) is 12.0. The molecule has 0 aliphatic heterocycles. The normalized spacial score (nSPS) is 13.7. The van der Waals surface area contributed by atoms with Crippen LogP contribution in [-0.2, 0) is 28.7 Å². The highest BCUT2D eigenvalue weighted by molar-refractivity contribution is 7.87. The summed E-state index contributed by atoms with van der Waals surface area (Å²) >= 11 is 5.90. The number of nitrogens with zero attached hydrogens (tertiary/aromatic N) is 7. The molecule has 0 amide bonds.